The van der Waals surface area contributed by atoms with E-state index >= 15 is 0 Å². The van der Waals surface area contributed by atoms with Gasteiger partial charge < -0.3 is 5.32 Å². The third kappa shape index (κ3) is 2.84. The van der Waals surface area contributed by atoms with Crippen LogP contribution >= 0.6 is 11.6 Å². The van der Waals surface area contributed by atoms with Crippen molar-refractivity contribution in [2.75, 3.05) is 7.05 Å². The molecule has 88 valence electrons. The van der Waals surface area contributed by atoms with Gasteiger partial charge in [0.05, 0.1) is 5.69 Å². The Hall–Kier alpha value is -1.38. The monoisotopic (exact) mass is 246 g/mol. The Labute approximate surface area is 107 Å². The summed E-state index contributed by atoms with van der Waals surface area (Å²) in [6.07, 6.45) is 0. The molecule has 0 spiro atoms. The lowest BCUT2D eigenvalue weighted by Crippen LogP contribution is -2.07. The van der Waals surface area contributed by atoms with Gasteiger partial charge in [-0.1, -0.05) is 29.8 Å². The molecule has 0 fully saturated rings. The van der Waals surface area contributed by atoms with Crippen molar-refractivity contribution in [1.29, 1.82) is 0 Å². The molecule has 0 amide bonds. The van der Waals surface area contributed by atoms with Gasteiger partial charge in [-0.05, 0) is 37.7 Å². The summed E-state index contributed by atoms with van der Waals surface area (Å²) in [5.41, 5.74) is 4.37. The van der Waals surface area contributed by atoms with Crippen LogP contribution in [-0.2, 0) is 6.54 Å². The summed E-state index contributed by atoms with van der Waals surface area (Å²) in [5, 5.41) is 3.88. The fourth-order valence-corrected chi connectivity index (χ4v) is 1.87. The quantitative estimate of drug-likeness (QED) is 0.898. The Morgan fingerprint density at radius 2 is 1.82 bits per heavy atom. The number of pyridine rings is 1. The van der Waals surface area contributed by atoms with Gasteiger partial charge in [0.2, 0.25) is 0 Å². The van der Waals surface area contributed by atoms with E-state index in [1.165, 1.54) is 5.56 Å². The topological polar surface area (TPSA) is 24.9 Å². The summed E-state index contributed by atoms with van der Waals surface area (Å²) in [4.78, 5) is 4.61. The molecule has 0 bridgehead atoms. The average molecular weight is 247 g/mol. The predicted octanol–water partition coefficient (Wildman–Crippen LogP) is 3.43. The predicted molar refractivity (Wildman–Crippen MR) is 72.2 cm³/mol. The Balaban J connectivity index is 2.34. The normalized spacial score (nSPS) is 10.5. The first-order valence-corrected chi connectivity index (χ1v) is 5.95. The lowest BCUT2D eigenvalue weighted by atomic mass is 10.1. The van der Waals surface area contributed by atoms with Crippen molar-refractivity contribution >= 4 is 11.6 Å². The standard InChI is InChI=1S/C14H15ClN2/c1-10-12(9-16-2)5-8-14(17-10)11-3-6-13(15)7-4-11/h3-8,16H,9H2,1-2H3. The van der Waals surface area contributed by atoms with Crippen molar-refractivity contribution in [1.82, 2.24) is 10.3 Å². The van der Waals surface area contributed by atoms with E-state index in [0.717, 1.165) is 28.5 Å². The number of aryl methyl sites for hydroxylation is 1. The van der Waals surface area contributed by atoms with E-state index in [1.807, 2.05) is 44.3 Å². The molecular formula is C14H15ClN2. The van der Waals surface area contributed by atoms with E-state index in [1.54, 1.807) is 0 Å². The zero-order valence-electron chi connectivity index (χ0n) is 10.00. The lowest BCUT2D eigenvalue weighted by Gasteiger charge is -2.07. The van der Waals surface area contributed by atoms with E-state index in [4.69, 9.17) is 11.6 Å². The molecule has 2 rings (SSSR count). The molecule has 3 heteroatoms. The fraction of sp³-hybridized carbons (Fsp3) is 0.214. The van der Waals surface area contributed by atoms with Crippen LogP contribution in [0.25, 0.3) is 11.3 Å². The third-order valence-electron chi connectivity index (χ3n) is 2.70. The molecule has 0 atom stereocenters. The van der Waals surface area contributed by atoms with Crippen LogP contribution in [0.3, 0.4) is 0 Å². The summed E-state index contributed by atoms with van der Waals surface area (Å²) in [6, 6.07) is 11.9. The number of aromatic nitrogens is 1. The molecule has 1 aromatic carbocycles. The molecule has 17 heavy (non-hydrogen) atoms. The molecule has 0 aliphatic rings. The molecule has 0 saturated carbocycles. The van der Waals surface area contributed by atoms with Crippen LogP contribution in [0.1, 0.15) is 11.3 Å². The highest BCUT2D eigenvalue weighted by Gasteiger charge is 2.03. The summed E-state index contributed by atoms with van der Waals surface area (Å²) in [6.45, 7) is 2.88. The molecule has 2 nitrogen and oxygen atoms in total. The number of benzene rings is 1. The van der Waals surface area contributed by atoms with Crippen molar-refractivity contribution in [3.8, 4) is 11.3 Å². The highest BCUT2D eigenvalue weighted by molar-refractivity contribution is 6.30. The maximum Gasteiger partial charge on any atom is 0.0705 e. The van der Waals surface area contributed by atoms with Crippen molar-refractivity contribution < 1.29 is 0 Å². The minimum absolute atomic E-state index is 0.747. The van der Waals surface area contributed by atoms with Gasteiger partial charge in [0.15, 0.2) is 0 Å². The first-order chi connectivity index (χ1) is 8.20. The number of nitrogens with one attached hydrogen (secondary N) is 1. The highest BCUT2D eigenvalue weighted by atomic mass is 35.5. The van der Waals surface area contributed by atoms with Gasteiger partial charge in [0.1, 0.15) is 0 Å². The summed E-state index contributed by atoms with van der Waals surface area (Å²) in [7, 11) is 1.94. The van der Waals surface area contributed by atoms with E-state index < -0.39 is 0 Å². The molecule has 2 aromatic rings. The number of hydrogen-bond acceptors (Lipinski definition) is 2. The maximum absolute atomic E-state index is 5.87. The Bertz CT molecular complexity index is 506. The SMILES string of the molecule is CNCc1ccc(-c2ccc(Cl)cc2)nc1C. The fourth-order valence-electron chi connectivity index (χ4n) is 1.75. The molecule has 0 saturated heterocycles. The second kappa shape index (κ2) is 5.30. The van der Waals surface area contributed by atoms with Crippen molar-refractivity contribution in [3.63, 3.8) is 0 Å². The summed E-state index contributed by atoms with van der Waals surface area (Å²) >= 11 is 5.87. The Kier molecular flexibility index (Phi) is 3.77. The minimum atomic E-state index is 0.747. The first kappa shape index (κ1) is 12.1. The Morgan fingerprint density at radius 1 is 1.12 bits per heavy atom. The number of hydrogen-bond donors (Lipinski definition) is 1. The van der Waals surface area contributed by atoms with Crippen LogP contribution in [0.5, 0.6) is 0 Å². The van der Waals surface area contributed by atoms with Gasteiger partial charge in [-0.25, -0.2) is 0 Å². The maximum atomic E-state index is 5.87. The second-order valence-corrected chi connectivity index (χ2v) is 4.41. The molecule has 1 N–H and O–H groups in total. The number of halogens is 1. The van der Waals surface area contributed by atoms with Crippen LogP contribution < -0.4 is 5.32 Å². The molecule has 0 aliphatic heterocycles. The van der Waals surface area contributed by atoms with Crippen molar-refractivity contribution in [3.05, 3.63) is 52.7 Å². The van der Waals surface area contributed by atoms with Crippen LogP contribution in [0.4, 0.5) is 0 Å². The van der Waals surface area contributed by atoms with Gasteiger partial charge in [0, 0.05) is 22.8 Å². The van der Waals surface area contributed by atoms with Crippen molar-refractivity contribution in [2.24, 2.45) is 0 Å². The molecule has 1 heterocycles. The average Bonchev–Trinajstić information content (AvgIpc) is 2.33. The van der Waals surface area contributed by atoms with Crippen LogP contribution in [-0.4, -0.2) is 12.0 Å². The number of nitrogens with zero attached hydrogens (tertiary/aromatic N) is 1. The van der Waals surface area contributed by atoms with Gasteiger partial charge in [-0.2, -0.15) is 0 Å². The molecular weight excluding hydrogens is 232 g/mol. The largest absolute Gasteiger partial charge is 0.316 e. The van der Waals surface area contributed by atoms with E-state index in [-0.39, 0.29) is 0 Å². The summed E-state index contributed by atoms with van der Waals surface area (Å²) < 4.78 is 0. The third-order valence-corrected chi connectivity index (χ3v) is 2.95. The zero-order chi connectivity index (χ0) is 12.3. The lowest BCUT2D eigenvalue weighted by molar-refractivity contribution is 0.805. The second-order valence-electron chi connectivity index (χ2n) is 3.98. The van der Waals surface area contributed by atoms with E-state index in [0.29, 0.717) is 0 Å². The van der Waals surface area contributed by atoms with Crippen molar-refractivity contribution in [2.45, 2.75) is 13.5 Å². The molecule has 0 radical (unpaired) electrons. The number of rotatable bonds is 3. The highest BCUT2D eigenvalue weighted by Crippen LogP contribution is 2.21. The van der Waals surface area contributed by atoms with Gasteiger partial charge >= 0.3 is 0 Å². The smallest absolute Gasteiger partial charge is 0.0705 e. The molecule has 0 aliphatic carbocycles. The molecule has 0 unspecified atom stereocenters. The van der Waals surface area contributed by atoms with Crippen LogP contribution in [0, 0.1) is 6.92 Å². The van der Waals surface area contributed by atoms with E-state index in [2.05, 4.69) is 16.4 Å². The minimum Gasteiger partial charge on any atom is -0.316 e. The van der Waals surface area contributed by atoms with Crippen LogP contribution in [0.15, 0.2) is 36.4 Å². The zero-order valence-corrected chi connectivity index (χ0v) is 10.8. The van der Waals surface area contributed by atoms with E-state index in [9.17, 15) is 0 Å². The van der Waals surface area contributed by atoms with Gasteiger partial charge in [0.25, 0.3) is 0 Å². The van der Waals surface area contributed by atoms with Crippen LogP contribution in [0.2, 0.25) is 5.02 Å². The van der Waals surface area contributed by atoms with Gasteiger partial charge in [-0.3, -0.25) is 4.98 Å². The Morgan fingerprint density at radius 3 is 2.41 bits per heavy atom. The summed E-state index contributed by atoms with van der Waals surface area (Å²) in [5.74, 6) is 0. The van der Waals surface area contributed by atoms with Gasteiger partial charge in [-0.15, -0.1) is 0 Å². The first-order valence-electron chi connectivity index (χ1n) is 5.58. The molecule has 1 aromatic heterocycles.